The highest BCUT2D eigenvalue weighted by molar-refractivity contribution is 5.87. The number of aliphatic hydroxyl groups is 2. The van der Waals surface area contributed by atoms with Crippen LogP contribution in [0.4, 0.5) is 0 Å². The summed E-state index contributed by atoms with van der Waals surface area (Å²) in [7, 11) is 0. The van der Waals surface area contributed by atoms with Gasteiger partial charge in [0.1, 0.15) is 0 Å². The molecule has 4 aliphatic rings. The van der Waals surface area contributed by atoms with Crippen LogP contribution in [-0.2, 0) is 16.0 Å². The highest BCUT2D eigenvalue weighted by Gasteiger charge is 2.64. The Balaban J connectivity index is 1.17. The second-order valence-electron chi connectivity index (χ2n) is 14.6. The van der Waals surface area contributed by atoms with E-state index in [-0.39, 0.29) is 40.5 Å². The van der Waals surface area contributed by atoms with E-state index in [1.54, 1.807) is 24.3 Å². The van der Waals surface area contributed by atoms with Crippen LogP contribution in [0.2, 0.25) is 0 Å². The molecule has 41 heavy (non-hydrogen) atoms. The van der Waals surface area contributed by atoms with Gasteiger partial charge < -0.3 is 20.1 Å². The van der Waals surface area contributed by atoms with E-state index in [9.17, 15) is 19.8 Å². The summed E-state index contributed by atoms with van der Waals surface area (Å²) in [5.41, 5.74) is 1.61. The molecule has 0 aliphatic heterocycles. The van der Waals surface area contributed by atoms with Gasteiger partial charge in [-0.05, 0) is 128 Å². The lowest BCUT2D eigenvalue weighted by Gasteiger charge is -2.64. The molecule has 0 aromatic heterocycles. The molecule has 0 saturated heterocycles. The monoisotopic (exact) mass is 568 g/mol. The van der Waals surface area contributed by atoms with Gasteiger partial charge in [-0.25, -0.2) is 4.79 Å². The number of benzene rings is 1. The van der Waals surface area contributed by atoms with Crippen LogP contribution in [-0.4, -0.2) is 46.1 Å². The van der Waals surface area contributed by atoms with Crippen LogP contribution in [0.1, 0.15) is 108 Å². The highest BCUT2D eigenvalue weighted by Crippen LogP contribution is 2.69. The highest BCUT2D eigenvalue weighted by atomic mass is 16.5. The average Bonchev–Trinajstić information content (AvgIpc) is 3.30. The normalized spacial score (nSPS) is 40.6. The molecule has 1 aromatic carbocycles. The number of carboxylic acids is 1. The molecule has 4 aliphatic carbocycles. The summed E-state index contributed by atoms with van der Waals surface area (Å²) < 4.78 is 5.64. The number of aromatic carboxylic acids is 1. The number of esters is 1. The summed E-state index contributed by atoms with van der Waals surface area (Å²) in [5, 5.41) is 31.5. The Morgan fingerprint density at radius 1 is 0.976 bits per heavy atom. The number of hydrogen-bond acceptors (Lipinski definition) is 5. The van der Waals surface area contributed by atoms with Crippen LogP contribution in [0.3, 0.4) is 0 Å². The van der Waals surface area contributed by atoms with Crippen molar-refractivity contribution in [1.29, 1.82) is 0 Å². The Labute approximate surface area is 246 Å². The van der Waals surface area contributed by atoms with E-state index in [0.717, 1.165) is 37.7 Å². The molecule has 11 atom stereocenters. The summed E-state index contributed by atoms with van der Waals surface area (Å²) >= 11 is 0. The summed E-state index contributed by atoms with van der Waals surface area (Å²) in [6.45, 7) is 9.98. The zero-order valence-corrected chi connectivity index (χ0v) is 25.6. The fourth-order valence-corrected chi connectivity index (χ4v) is 10.6. The molecule has 0 bridgehead atoms. The Kier molecular flexibility index (Phi) is 8.93. The Morgan fingerprint density at radius 3 is 2.34 bits per heavy atom. The minimum absolute atomic E-state index is 0.202. The van der Waals surface area contributed by atoms with Gasteiger partial charge in [-0.15, -0.1) is 0 Å². The minimum Gasteiger partial charge on any atom is -0.478 e. The van der Waals surface area contributed by atoms with E-state index in [4.69, 9.17) is 9.84 Å². The van der Waals surface area contributed by atoms with Gasteiger partial charge >= 0.3 is 11.9 Å². The molecule has 6 nitrogen and oxygen atoms in total. The molecule has 0 unspecified atom stereocenters. The first-order valence-corrected chi connectivity index (χ1v) is 16.3. The van der Waals surface area contributed by atoms with Crippen LogP contribution < -0.4 is 0 Å². The van der Waals surface area contributed by atoms with Crippen LogP contribution >= 0.6 is 0 Å². The van der Waals surface area contributed by atoms with E-state index < -0.39 is 5.97 Å². The number of ether oxygens (including phenoxy) is 1. The summed E-state index contributed by atoms with van der Waals surface area (Å²) in [6, 6.07) is 6.66. The molecule has 4 saturated carbocycles. The van der Waals surface area contributed by atoms with Gasteiger partial charge in [0.15, 0.2) is 0 Å². The molecule has 3 N–H and O–H groups in total. The van der Waals surface area contributed by atoms with Gasteiger partial charge in [0.2, 0.25) is 0 Å². The largest absolute Gasteiger partial charge is 0.478 e. The predicted octanol–water partition coefficient (Wildman–Crippen LogP) is 6.51. The van der Waals surface area contributed by atoms with Crippen molar-refractivity contribution in [1.82, 2.24) is 0 Å². The first-order chi connectivity index (χ1) is 19.5. The quantitative estimate of drug-likeness (QED) is 0.293. The lowest BCUT2D eigenvalue weighted by Crippen LogP contribution is -2.62. The molecule has 0 spiro atoms. The van der Waals surface area contributed by atoms with Crippen molar-refractivity contribution >= 4 is 11.9 Å². The molecular formula is C35H52O6. The van der Waals surface area contributed by atoms with Crippen LogP contribution in [0, 0.1) is 52.3 Å². The zero-order valence-electron chi connectivity index (χ0n) is 25.6. The second-order valence-corrected chi connectivity index (χ2v) is 14.6. The van der Waals surface area contributed by atoms with E-state index in [2.05, 4.69) is 27.7 Å². The van der Waals surface area contributed by atoms with Crippen molar-refractivity contribution in [2.45, 2.75) is 111 Å². The van der Waals surface area contributed by atoms with E-state index in [1.807, 2.05) is 0 Å². The maximum absolute atomic E-state index is 12.4. The first-order valence-electron chi connectivity index (χ1n) is 16.3. The molecule has 0 amide bonds. The third-order valence-corrected chi connectivity index (χ3v) is 12.8. The number of hydrogen-bond donors (Lipinski definition) is 3. The van der Waals surface area contributed by atoms with Gasteiger partial charge in [-0.2, -0.15) is 0 Å². The maximum Gasteiger partial charge on any atom is 0.335 e. The van der Waals surface area contributed by atoms with Gasteiger partial charge in [0.05, 0.1) is 24.4 Å². The molecule has 5 rings (SSSR count). The fraction of sp³-hybridized carbons (Fsp3) is 0.771. The molecule has 0 heterocycles. The number of fused-ring (bicyclic) bond motifs is 5. The van der Waals surface area contributed by atoms with E-state index >= 15 is 0 Å². The molecule has 0 radical (unpaired) electrons. The Morgan fingerprint density at radius 2 is 1.66 bits per heavy atom. The molecule has 228 valence electrons. The van der Waals surface area contributed by atoms with Gasteiger partial charge in [-0.3, -0.25) is 4.79 Å². The lowest BCUT2D eigenvalue weighted by atomic mass is 9.41. The summed E-state index contributed by atoms with van der Waals surface area (Å²) in [4.78, 5) is 23.5. The van der Waals surface area contributed by atoms with Crippen LogP contribution in [0.5, 0.6) is 0 Å². The molecular weight excluding hydrogens is 516 g/mol. The number of rotatable bonds is 9. The van der Waals surface area contributed by atoms with Crippen molar-refractivity contribution in [3.05, 3.63) is 35.4 Å². The maximum atomic E-state index is 12.4. The molecule has 6 heteroatoms. The summed E-state index contributed by atoms with van der Waals surface area (Å²) in [6.07, 6.45) is 9.81. The number of carbonyl (C=O) groups excluding carboxylic acids is 1. The number of aliphatic hydroxyl groups excluding tert-OH is 2. The standard InChI is InChI=1S/C35H52O6/c1-5-25-29-20-24(36)14-17-35(29,4)28-15-18-34(3)26(11-12-27(34)31(28)32(25)38)21(2)16-19-41-30(37)13-8-22-6-9-23(10-7-22)33(39)40/h6-7,9-10,21,24-29,31-32,36,38H,5,8,11-20H2,1-4H3,(H,39,40)/t21-,24-,25-,26-,27+,28+,29+,31+,32-,34-,35-/m1/s1. The topological polar surface area (TPSA) is 104 Å². The smallest absolute Gasteiger partial charge is 0.335 e. The average molecular weight is 569 g/mol. The molecule has 1 aromatic rings. The predicted molar refractivity (Wildman–Crippen MR) is 158 cm³/mol. The van der Waals surface area contributed by atoms with E-state index in [0.29, 0.717) is 55.0 Å². The van der Waals surface area contributed by atoms with Crippen LogP contribution in [0.25, 0.3) is 0 Å². The van der Waals surface area contributed by atoms with Crippen molar-refractivity contribution in [2.24, 2.45) is 52.3 Å². The van der Waals surface area contributed by atoms with Gasteiger partial charge in [0.25, 0.3) is 0 Å². The zero-order chi connectivity index (χ0) is 29.5. The number of carbonyl (C=O) groups is 2. The SMILES string of the molecule is CC[C@H]1[C@@H](O)[C@@H]2[C@H](CC[C@]3(C)[C@@H]([C@H](C)CCOC(=O)CCc4ccc(C(=O)O)cc4)CC[C@@H]23)[C@@]2(C)CC[C@@H](O)C[C@@H]12. The third kappa shape index (κ3) is 5.60. The van der Waals surface area contributed by atoms with Crippen molar-refractivity contribution in [3.8, 4) is 0 Å². The van der Waals surface area contributed by atoms with Crippen LogP contribution in [0.15, 0.2) is 24.3 Å². The Hall–Kier alpha value is -1.92. The van der Waals surface area contributed by atoms with Crippen molar-refractivity contribution in [3.63, 3.8) is 0 Å². The minimum atomic E-state index is -0.950. The third-order valence-electron chi connectivity index (χ3n) is 12.8. The van der Waals surface area contributed by atoms with Gasteiger partial charge in [-0.1, -0.05) is 46.2 Å². The Bertz CT molecular complexity index is 1080. The summed E-state index contributed by atoms with van der Waals surface area (Å²) in [5.74, 6) is 2.02. The van der Waals surface area contributed by atoms with Crippen molar-refractivity contribution < 1.29 is 29.6 Å². The van der Waals surface area contributed by atoms with E-state index in [1.165, 1.54) is 25.7 Å². The molecule has 4 fully saturated rings. The number of carboxylic acid groups (broad SMARTS) is 1. The fourth-order valence-electron chi connectivity index (χ4n) is 10.6. The van der Waals surface area contributed by atoms with Crippen molar-refractivity contribution in [2.75, 3.05) is 6.61 Å². The first kappa shape index (κ1) is 30.5. The number of aryl methyl sites for hydroxylation is 1. The van der Waals surface area contributed by atoms with Gasteiger partial charge in [0, 0.05) is 6.42 Å². The second kappa shape index (κ2) is 12.0. The lowest BCUT2D eigenvalue weighted by molar-refractivity contribution is -0.203.